The molecule has 0 bridgehead atoms. The average molecular weight is 292 g/mol. The van der Waals surface area contributed by atoms with Gasteiger partial charge in [0.05, 0.1) is 0 Å². The summed E-state index contributed by atoms with van der Waals surface area (Å²) in [5.41, 5.74) is 0.917. The second kappa shape index (κ2) is 7.20. The standard InChI is InChI=1S/C16H21FN2O2/c1-2-3-15(20)18-9-13-8-16(21)19(11-13)10-12-4-6-14(17)7-5-12/h4-7,13H,2-3,8-11H2,1H3,(H,18,20)/t13-/m1/s1. The predicted octanol–water partition coefficient (Wildman–Crippen LogP) is 2.09. The van der Waals surface area contributed by atoms with E-state index in [1.165, 1.54) is 12.1 Å². The average Bonchev–Trinajstić information content (AvgIpc) is 2.80. The summed E-state index contributed by atoms with van der Waals surface area (Å²) in [6.07, 6.45) is 1.82. The van der Waals surface area contributed by atoms with Crippen molar-refractivity contribution in [3.8, 4) is 0 Å². The summed E-state index contributed by atoms with van der Waals surface area (Å²) >= 11 is 0. The number of nitrogens with one attached hydrogen (secondary N) is 1. The van der Waals surface area contributed by atoms with Gasteiger partial charge in [-0.2, -0.15) is 0 Å². The zero-order chi connectivity index (χ0) is 15.2. The molecule has 1 aliphatic rings. The highest BCUT2D eigenvalue weighted by atomic mass is 19.1. The number of amides is 2. The Morgan fingerprint density at radius 3 is 2.76 bits per heavy atom. The smallest absolute Gasteiger partial charge is 0.223 e. The second-order valence-electron chi connectivity index (χ2n) is 5.52. The van der Waals surface area contributed by atoms with Gasteiger partial charge in [0, 0.05) is 38.4 Å². The minimum atomic E-state index is -0.275. The fourth-order valence-electron chi connectivity index (χ4n) is 2.53. The molecule has 1 aliphatic heterocycles. The van der Waals surface area contributed by atoms with Crippen molar-refractivity contribution in [2.24, 2.45) is 5.92 Å². The van der Waals surface area contributed by atoms with Crippen LogP contribution in [-0.2, 0) is 16.1 Å². The van der Waals surface area contributed by atoms with Gasteiger partial charge in [-0.25, -0.2) is 4.39 Å². The van der Waals surface area contributed by atoms with Crippen molar-refractivity contribution in [2.75, 3.05) is 13.1 Å². The fraction of sp³-hybridized carbons (Fsp3) is 0.500. The SMILES string of the molecule is CCCC(=O)NC[C@H]1CC(=O)N(Cc2ccc(F)cc2)C1. The number of hydrogen-bond donors (Lipinski definition) is 1. The molecule has 1 heterocycles. The monoisotopic (exact) mass is 292 g/mol. The lowest BCUT2D eigenvalue weighted by Gasteiger charge is -2.17. The van der Waals surface area contributed by atoms with E-state index in [2.05, 4.69) is 5.32 Å². The van der Waals surface area contributed by atoms with E-state index in [0.29, 0.717) is 32.5 Å². The van der Waals surface area contributed by atoms with Crippen molar-refractivity contribution >= 4 is 11.8 Å². The molecule has 0 aliphatic carbocycles. The van der Waals surface area contributed by atoms with E-state index in [-0.39, 0.29) is 23.5 Å². The molecular weight excluding hydrogens is 271 g/mol. The van der Waals surface area contributed by atoms with E-state index in [9.17, 15) is 14.0 Å². The van der Waals surface area contributed by atoms with Gasteiger partial charge in [0.15, 0.2) is 0 Å². The van der Waals surface area contributed by atoms with Crippen LogP contribution in [0.25, 0.3) is 0 Å². The number of rotatable bonds is 6. The Bertz CT molecular complexity index is 502. The maximum Gasteiger partial charge on any atom is 0.223 e. The molecule has 1 fully saturated rings. The van der Waals surface area contributed by atoms with Crippen molar-refractivity contribution in [1.29, 1.82) is 0 Å². The molecule has 0 saturated carbocycles. The van der Waals surface area contributed by atoms with Crippen molar-refractivity contribution in [3.05, 3.63) is 35.6 Å². The molecule has 1 aromatic rings. The zero-order valence-corrected chi connectivity index (χ0v) is 12.3. The van der Waals surface area contributed by atoms with Crippen LogP contribution in [0.1, 0.15) is 31.7 Å². The molecule has 114 valence electrons. The molecule has 5 heteroatoms. The van der Waals surface area contributed by atoms with E-state index in [1.807, 2.05) is 6.92 Å². The van der Waals surface area contributed by atoms with Gasteiger partial charge in [0.25, 0.3) is 0 Å². The molecule has 1 N–H and O–H groups in total. The summed E-state index contributed by atoms with van der Waals surface area (Å²) in [7, 11) is 0. The molecule has 0 spiro atoms. The van der Waals surface area contributed by atoms with E-state index in [0.717, 1.165) is 12.0 Å². The van der Waals surface area contributed by atoms with E-state index in [4.69, 9.17) is 0 Å². The molecule has 2 rings (SSSR count). The molecule has 21 heavy (non-hydrogen) atoms. The molecule has 4 nitrogen and oxygen atoms in total. The largest absolute Gasteiger partial charge is 0.356 e. The molecule has 0 radical (unpaired) electrons. The fourth-order valence-corrected chi connectivity index (χ4v) is 2.53. The lowest BCUT2D eigenvalue weighted by molar-refractivity contribution is -0.128. The van der Waals surface area contributed by atoms with Crippen LogP contribution in [0.15, 0.2) is 24.3 Å². The maximum absolute atomic E-state index is 12.9. The van der Waals surface area contributed by atoms with Crippen molar-refractivity contribution in [2.45, 2.75) is 32.7 Å². The van der Waals surface area contributed by atoms with Crippen LogP contribution in [0, 0.1) is 11.7 Å². The molecule has 0 aromatic heterocycles. The van der Waals surface area contributed by atoms with E-state index in [1.54, 1.807) is 17.0 Å². The third kappa shape index (κ3) is 4.55. The molecule has 1 aromatic carbocycles. The van der Waals surface area contributed by atoms with Crippen LogP contribution in [0.4, 0.5) is 4.39 Å². The lowest BCUT2D eigenvalue weighted by atomic mass is 10.1. The van der Waals surface area contributed by atoms with Crippen LogP contribution in [0.5, 0.6) is 0 Å². The molecule has 1 saturated heterocycles. The highest BCUT2D eigenvalue weighted by molar-refractivity contribution is 5.79. The number of carbonyl (C=O) groups excluding carboxylic acids is 2. The third-order valence-corrected chi connectivity index (χ3v) is 3.65. The topological polar surface area (TPSA) is 49.4 Å². The third-order valence-electron chi connectivity index (χ3n) is 3.65. The summed E-state index contributed by atoms with van der Waals surface area (Å²) in [4.78, 5) is 25.2. The summed E-state index contributed by atoms with van der Waals surface area (Å²) in [5, 5.41) is 2.87. The van der Waals surface area contributed by atoms with Crippen molar-refractivity contribution < 1.29 is 14.0 Å². The summed E-state index contributed by atoms with van der Waals surface area (Å²) in [5.74, 6) is 0.0257. The van der Waals surface area contributed by atoms with Gasteiger partial charge < -0.3 is 10.2 Å². The summed E-state index contributed by atoms with van der Waals surface area (Å²) in [6, 6.07) is 6.19. The van der Waals surface area contributed by atoms with Crippen LogP contribution in [-0.4, -0.2) is 29.8 Å². The van der Waals surface area contributed by atoms with Gasteiger partial charge in [-0.1, -0.05) is 19.1 Å². The van der Waals surface area contributed by atoms with Gasteiger partial charge >= 0.3 is 0 Å². The number of benzene rings is 1. The summed E-state index contributed by atoms with van der Waals surface area (Å²) < 4.78 is 12.9. The van der Waals surface area contributed by atoms with Crippen LogP contribution >= 0.6 is 0 Å². The minimum absolute atomic E-state index is 0.0435. The first-order chi connectivity index (χ1) is 10.1. The van der Waals surface area contributed by atoms with Crippen molar-refractivity contribution in [3.63, 3.8) is 0 Å². The number of carbonyl (C=O) groups is 2. The lowest BCUT2D eigenvalue weighted by Crippen LogP contribution is -2.30. The van der Waals surface area contributed by atoms with Gasteiger partial charge in [0.1, 0.15) is 5.82 Å². The van der Waals surface area contributed by atoms with Gasteiger partial charge in [0.2, 0.25) is 11.8 Å². The Hall–Kier alpha value is -1.91. The number of nitrogens with zero attached hydrogens (tertiary/aromatic N) is 1. The highest BCUT2D eigenvalue weighted by Crippen LogP contribution is 2.19. The van der Waals surface area contributed by atoms with E-state index >= 15 is 0 Å². The summed E-state index contributed by atoms with van der Waals surface area (Å²) in [6.45, 7) is 3.65. The first-order valence-corrected chi connectivity index (χ1v) is 7.37. The quantitative estimate of drug-likeness (QED) is 0.873. The maximum atomic E-state index is 12.9. The van der Waals surface area contributed by atoms with Gasteiger partial charge in [-0.05, 0) is 24.1 Å². The normalized spacial score (nSPS) is 18.1. The van der Waals surface area contributed by atoms with Crippen LogP contribution < -0.4 is 5.32 Å². The number of halogens is 1. The van der Waals surface area contributed by atoms with Crippen LogP contribution in [0.3, 0.4) is 0 Å². The number of likely N-dealkylation sites (tertiary alicyclic amines) is 1. The first-order valence-electron chi connectivity index (χ1n) is 7.37. The Labute approximate surface area is 124 Å². The molecule has 2 amide bonds. The van der Waals surface area contributed by atoms with Crippen LogP contribution in [0.2, 0.25) is 0 Å². The Kier molecular flexibility index (Phi) is 5.31. The molecular formula is C16H21FN2O2. The first kappa shape index (κ1) is 15.5. The molecule has 1 atom stereocenters. The zero-order valence-electron chi connectivity index (χ0n) is 12.3. The predicted molar refractivity (Wildman–Crippen MR) is 77.8 cm³/mol. The second-order valence-corrected chi connectivity index (χ2v) is 5.52. The Morgan fingerprint density at radius 1 is 1.38 bits per heavy atom. The highest BCUT2D eigenvalue weighted by Gasteiger charge is 2.29. The van der Waals surface area contributed by atoms with Gasteiger partial charge in [-0.15, -0.1) is 0 Å². The molecule has 0 unspecified atom stereocenters. The van der Waals surface area contributed by atoms with Gasteiger partial charge in [-0.3, -0.25) is 9.59 Å². The van der Waals surface area contributed by atoms with Crippen molar-refractivity contribution in [1.82, 2.24) is 10.2 Å². The number of hydrogen-bond acceptors (Lipinski definition) is 2. The minimum Gasteiger partial charge on any atom is -0.356 e. The Balaban J connectivity index is 1.82. The Morgan fingerprint density at radius 2 is 2.10 bits per heavy atom. The van der Waals surface area contributed by atoms with E-state index < -0.39 is 0 Å².